The van der Waals surface area contributed by atoms with Gasteiger partial charge in [0.15, 0.2) is 0 Å². The zero-order valence-electron chi connectivity index (χ0n) is 16.0. The average Bonchev–Trinajstić information content (AvgIpc) is 2.95. The first-order valence-corrected chi connectivity index (χ1v) is 9.17. The molecule has 0 aromatic heterocycles. The largest absolute Gasteiger partial charge is 0.459 e. The lowest BCUT2D eigenvalue weighted by atomic mass is 10.0. The number of carbonyl (C=O) groups excluding carboxylic acids is 3. The van der Waals surface area contributed by atoms with E-state index < -0.39 is 28.7 Å². The van der Waals surface area contributed by atoms with Crippen LogP contribution in [0.2, 0.25) is 0 Å². The molecule has 2 amide bonds. The number of ether oxygens (including phenoxy) is 1. The van der Waals surface area contributed by atoms with E-state index in [4.69, 9.17) is 4.74 Å². The van der Waals surface area contributed by atoms with Crippen LogP contribution in [0, 0.1) is 16.0 Å². The van der Waals surface area contributed by atoms with Gasteiger partial charge in [0.2, 0.25) is 0 Å². The van der Waals surface area contributed by atoms with Gasteiger partial charge in [0, 0.05) is 6.07 Å². The first-order chi connectivity index (χ1) is 13.8. The van der Waals surface area contributed by atoms with Crippen molar-refractivity contribution in [1.82, 2.24) is 4.90 Å². The second-order valence-corrected chi connectivity index (χ2v) is 7.16. The zero-order chi connectivity index (χ0) is 21.1. The maximum atomic E-state index is 12.8. The molecular formula is C21H20N2O6. The van der Waals surface area contributed by atoms with Crippen molar-refractivity contribution < 1.29 is 24.0 Å². The molecule has 1 atom stereocenters. The molecule has 8 nitrogen and oxygen atoms in total. The maximum absolute atomic E-state index is 12.8. The Kier molecular flexibility index (Phi) is 5.72. The van der Waals surface area contributed by atoms with Crippen molar-refractivity contribution in [2.75, 3.05) is 0 Å². The van der Waals surface area contributed by atoms with Crippen LogP contribution >= 0.6 is 0 Å². The normalized spacial score (nSPS) is 14.1. The first kappa shape index (κ1) is 20.2. The number of carbonyl (C=O) groups is 3. The maximum Gasteiger partial charge on any atom is 0.329 e. The molecule has 0 N–H and O–H groups in total. The highest BCUT2D eigenvalue weighted by molar-refractivity contribution is 6.22. The average molecular weight is 396 g/mol. The molecule has 0 saturated carbocycles. The van der Waals surface area contributed by atoms with Gasteiger partial charge < -0.3 is 4.74 Å². The number of nitro benzene ring substituents is 1. The van der Waals surface area contributed by atoms with Gasteiger partial charge in [0.25, 0.3) is 17.5 Å². The number of rotatable bonds is 7. The van der Waals surface area contributed by atoms with Gasteiger partial charge in [-0.2, -0.15) is 0 Å². The quantitative estimate of drug-likeness (QED) is 0.307. The second kappa shape index (κ2) is 8.22. The molecule has 29 heavy (non-hydrogen) atoms. The van der Waals surface area contributed by atoms with E-state index >= 15 is 0 Å². The van der Waals surface area contributed by atoms with Crippen LogP contribution in [-0.4, -0.2) is 33.6 Å². The number of hydrogen-bond acceptors (Lipinski definition) is 6. The minimum atomic E-state index is -1.11. The smallest absolute Gasteiger partial charge is 0.329 e. The number of benzene rings is 2. The Balaban J connectivity index is 1.83. The highest BCUT2D eigenvalue weighted by Gasteiger charge is 2.43. The van der Waals surface area contributed by atoms with Gasteiger partial charge in [0.1, 0.15) is 12.6 Å². The van der Waals surface area contributed by atoms with Crippen LogP contribution < -0.4 is 0 Å². The summed E-state index contributed by atoms with van der Waals surface area (Å²) >= 11 is 0. The van der Waals surface area contributed by atoms with Crippen molar-refractivity contribution >= 4 is 23.5 Å². The first-order valence-electron chi connectivity index (χ1n) is 9.17. The van der Waals surface area contributed by atoms with Crippen LogP contribution in [0.5, 0.6) is 0 Å². The number of esters is 1. The van der Waals surface area contributed by atoms with E-state index in [1.165, 1.54) is 18.2 Å². The van der Waals surface area contributed by atoms with E-state index in [2.05, 4.69) is 0 Å². The topological polar surface area (TPSA) is 107 Å². The number of para-hydroxylation sites is 1. The molecule has 2 aromatic rings. The molecule has 2 aromatic carbocycles. The van der Waals surface area contributed by atoms with Crippen LogP contribution in [0.25, 0.3) is 0 Å². The summed E-state index contributed by atoms with van der Waals surface area (Å²) in [6.45, 7) is 3.40. The van der Waals surface area contributed by atoms with Gasteiger partial charge in [-0.05, 0) is 30.5 Å². The Morgan fingerprint density at radius 2 is 1.59 bits per heavy atom. The molecule has 150 valence electrons. The highest BCUT2D eigenvalue weighted by Crippen LogP contribution is 2.28. The van der Waals surface area contributed by atoms with Crippen LogP contribution in [0.3, 0.4) is 0 Å². The van der Waals surface area contributed by atoms with Crippen LogP contribution in [-0.2, 0) is 16.1 Å². The molecule has 3 rings (SSSR count). The predicted molar refractivity (Wildman–Crippen MR) is 103 cm³/mol. The van der Waals surface area contributed by atoms with E-state index in [-0.39, 0.29) is 41.3 Å². The molecule has 0 fully saturated rings. The lowest BCUT2D eigenvalue weighted by Crippen LogP contribution is -2.46. The van der Waals surface area contributed by atoms with Gasteiger partial charge in [-0.15, -0.1) is 0 Å². The summed E-state index contributed by atoms with van der Waals surface area (Å²) < 4.78 is 5.30. The summed E-state index contributed by atoms with van der Waals surface area (Å²) in [5.41, 5.74) is 0.563. The fourth-order valence-corrected chi connectivity index (χ4v) is 3.30. The monoisotopic (exact) mass is 396 g/mol. The third-order valence-corrected chi connectivity index (χ3v) is 4.66. The number of nitrogens with zero attached hydrogens (tertiary/aromatic N) is 2. The SMILES string of the molecule is CC(C)C[C@@H](C(=O)OCc1ccccc1[N+](=O)[O-])N1C(=O)c2ccccc2C1=O. The van der Waals surface area contributed by atoms with E-state index in [9.17, 15) is 24.5 Å². The van der Waals surface area contributed by atoms with Crippen molar-refractivity contribution in [1.29, 1.82) is 0 Å². The summed E-state index contributed by atoms with van der Waals surface area (Å²) in [7, 11) is 0. The van der Waals surface area contributed by atoms with Gasteiger partial charge in [-0.1, -0.05) is 38.1 Å². The minimum Gasteiger partial charge on any atom is -0.459 e. The lowest BCUT2D eigenvalue weighted by molar-refractivity contribution is -0.385. The molecular weight excluding hydrogens is 376 g/mol. The third-order valence-electron chi connectivity index (χ3n) is 4.66. The van der Waals surface area contributed by atoms with Gasteiger partial charge in [-0.3, -0.25) is 24.6 Å². The molecule has 0 radical (unpaired) electrons. The van der Waals surface area contributed by atoms with Crippen molar-refractivity contribution in [2.24, 2.45) is 5.92 Å². The molecule has 1 aliphatic heterocycles. The van der Waals surface area contributed by atoms with E-state index in [0.717, 1.165) is 4.90 Å². The molecule has 0 bridgehead atoms. The van der Waals surface area contributed by atoms with Crippen molar-refractivity contribution in [3.63, 3.8) is 0 Å². The molecule has 0 saturated heterocycles. The van der Waals surface area contributed by atoms with E-state index in [1.54, 1.807) is 30.3 Å². The number of nitro groups is 1. The van der Waals surface area contributed by atoms with Crippen molar-refractivity contribution in [2.45, 2.75) is 32.9 Å². The van der Waals surface area contributed by atoms with Crippen LogP contribution in [0.1, 0.15) is 46.5 Å². The molecule has 0 unspecified atom stereocenters. The van der Waals surface area contributed by atoms with Gasteiger partial charge >= 0.3 is 5.97 Å². The Labute approximate surface area is 167 Å². The second-order valence-electron chi connectivity index (χ2n) is 7.16. The minimum absolute atomic E-state index is 0.00271. The fourth-order valence-electron chi connectivity index (χ4n) is 3.30. The molecule has 0 spiro atoms. The summed E-state index contributed by atoms with van der Waals surface area (Å²) in [6, 6.07) is 11.2. The van der Waals surface area contributed by atoms with Gasteiger partial charge in [-0.25, -0.2) is 4.79 Å². The Hall–Kier alpha value is -3.55. The van der Waals surface area contributed by atoms with E-state index in [1.807, 2.05) is 13.8 Å². The van der Waals surface area contributed by atoms with Crippen LogP contribution in [0.4, 0.5) is 5.69 Å². The molecule has 1 heterocycles. The molecule has 1 aliphatic rings. The van der Waals surface area contributed by atoms with E-state index in [0.29, 0.717) is 0 Å². The third kappa shape index (κ3) is 4.01. The lowest BCUT2D eigenvalue weighted by Gasteiger charge is -2.26. The summed E-state index contributed by atoms with van der Waals surface area (Å²) in [4.78, 5) is 49.9. The number of fused-ring (bicyclic) bond motifs is 1. The Morgan fingerprint density at radius 3 is 2.14 bits per heavy atom. The Morgan fingerprint density at radius 1 is 1.03 bits per heavy atom. The molecule has 0 aliphatic carbocycles. The fraction of sp³-hybridized carbons (Fsp3) is 0.286. The summed E-state index contributed by atoms with van der Waals surface area (Å²) in [6.07, 6.45) is 0.223. The summed E-state index contributed by atoms with van der Waals surface area (Å²) in [5.74, 6) is -1.85. The predicted octanol–water partition coefficient (Wildman–Crippen LogP) is 3.35. The highest BCUT2D eigenvalue weighted by atomic mass is 16.6. The number of imide groups is 1. The number of amides is 2. The van der Waals surface area contributed by atoms with Crippen molar-refractivity contribution in [3.8, 4) is 0 Å². The van der Waals surface area contributed by atoms with Crippen LogP contribution in [0.15, 0.2) is 48.5 Å². The van der Waals surface area contributed by atoms with Gasteiger partial charge in [0.05, 0.1) is 21.6 Å². The Bertz CT molecular complexity index is 950. The zero-order valence-corrected chi connectivity index (χ0v) is 16.0. The van der Waals surface area contributed by atoms with Crippen molar-refractivity contribution in [3.05, 3.63) is 75.3 Å². The molecule has 8 heteroatoms. The summed E-state index contributed by atoms with van der Waals surface area (Å²) in [5, 5.41) is 11.1. The standard InChI is InChI=1S/C21H20N2O6/c1-13(2)11-18(22-19(24)15-8-4-5-9-16(15)20(22)25)21(26)29-12-14-7-3-6-10-17(14)23(27)28/h3-10,13,18H,11-12H2,1-2H3/t18-/m0/s1. The number of hydrogen-bond donors (Lipinski definition) is 0.